The van der Waals surface area contributed by atoms with E-state index in [1.54, 1.807) is 6.07 Å². The average molecular weight is 290 g/mol. The van der Waals surface area contributed by atoms with Crippen molar-refractivity contribution in [3.05, 3.63) is 29.8 Å². The normalized spacial score (nSPS) is 15.3. The third-order valence-corrected chi connectivity index (χ3v) is 3.65. The van der Waals surface area contributed by atoms with Crippen LogP contribution in [0.2, 0.25) is 0 Å². The molecule has 0 saturated heterocycles. The molecular weight excluding hydrogens is 268 g/mol. The van der Waals surface area contributed by atoms with Gasteiger partial charge in [0, 0.05) is 6.04 Å². The lowest BCUT2D eigenvalue weighted by atomic mass is 9.96. The van der Waals surface area contributed by atoms with E-state index in [0.29, 0.717) is 5.75 Å². The molecule has 2 N–H and O–H groups in total. The number of ether oxygens (including phenoxy) is 1. The highest BCUT2D eigenvalue weighted by atomic mass is 16.5. The molecule has 1 fully saturated rings. The third kappa shape index (κ3) is 5.10. The maximum absolute atomic E-state index is 11.7. The van der Waals surface area contributed by atoms with Gasteiger partial charge in [-0.05, 0) is 31.4 Å². The van der Waals surface area contributed by atoms with E-state index in [1.807, 2.05) is 25.1 Å². The first kappa shape index (κ1) is 15.4. The summed E-state index contributed by atoms with van der Waals surface area (Å²) in [5.41, 5.74) is 0.956. The van der Waals surface area contributed by atoms with Crippen LogP contribution >= 0.6 is 0 Å². The minimum Gasteiger partial charge on any atom is -0.483 e. The largest absolute Gasteiger partial charge is 0.483 e. The molecule has 1 aromatic rings. The molecule has 0 unspecified atom stereocenters. The minimum atomic E-state index is -0.438. The summed E-state index contributed by atoms with van der Waals surface area (Å²) in [5.74, 6) is 0.215. The lowest BCUT2D eigenvalue weighted by Crippen LogP contribution is -2.46. The van der Waals surface area contributed by atoms with Crippen molar-refractivity contribution in [2.45, 2.75) is 45.1 Å². The van der Waals surface area contributed by atoms with Crippen LogP contribution in [0.15, 0.2) is 24.3 Å². The zero-order valence-electron chi connectivity index (χ0n) is 12.4. The van der Waals surface area contributed by atoms with Crippen LogP contribution in [0.4, 0.5) is 4.79 Å². The molecule has 0 atom stereocenters. The smallest absolute Gasteiger partial charge is 0.321 e. The first-order valence-electron chi connectivity index (χ1n) is 7.44. The first-order chi connectivity index (χ1) is 10.1. The Morgan fingerprint density at radius 2 is 1.90 bits per heavy atom. The Morgan fingerprint density at radius 1 is 1.19 bits per heavy atom. The van der Waals surface area contributed by atoms with Crippen LogP contribution in [0.25, 0.3) is 0 Å². The molecule has 114 valence electrons. The van der Waals surface area contributed by atoms with Gasteiger partial charge in [0.25, 0.3) is 5.91 Å². The van der Waals surface area contributed by atoms with Gasteiger partial charge in [-0.2, -0.15) is 0 Å². The van der Waals surface area contributed by atoms with Gasteiger partial charge in [0.05, 0.1) is 0 Å². The maximum atomic E-state index is 11.7. The van der Waals surface area contributed by atoms with Crippen molar-refractivity contribution in [1.29, 1.82) is 0 Å². The van der Waals surface area contributed by atoms with Gasteiger partial charge in [-0.25, -0.2) is 4.79 Å². The number of carbonyl (C=O) groups excluding carboxylic acids is 2. The minimum absolute atomic E-state index is 0.164. The van der Waals surface area contributed by atoms with Crippen molar-refractivity contribution in [2.75, 3.05) is 6.61 Å². The zero-order valence-corrected chi connectivity index (χ0v) is 12.4. The Morgan fingerprint density at radius 3 is 2.62 bits per heavy atom. The number of carbonyl (C=O) groups is 2. The average Bonchev–Trinajstić information content (AvgIpc) is 2.47. The second kappa shape index (κ2) is 7.67. The number of nitrogens with one attached hydrogen (secondary N) is 2. The summed E-state index contributed by atoms with van der Waals surface area (Å²) in [5, 5.41) is 5.14. The fourth-order valence-electron chi connectivity index (χ4n) is 2.49. The van der Waals surface area contributed by atoms with E-state index in [4.69, 9.17) is 4.74 Å². The van der Waals surface area contributed by atoms with Crippen molar-refractivity contribution >= 4 is 11.9 Å². The van der Waals surface area contributed by atoms with Crippen LogP contribution < -0.4 is 15.4 Å². The van der Waals surface area contributed by atoms with Gasteiger partial charge in [-0.1, -0.05) is 37.5 Å². The maximum Gasteiger partial charge on any atom is 0.321 e. The lowest BCUT2D eigenvalue weighted by Gasteiger charge is -2.22. The summed E-state index contributed by atoms with van der Waals surface area (Å²) < 4.78 is 5.40. The van der Waals surface area contributed by atoms with Crippen LogP contribution in [-0.2, 0) is 4.79 Å². The molecule has 0 bridgehead atoms. The third-order valence-electron chi connectivity index (χ3n) is 3.65. The Hall–Kier alpha value is -2.04. The molecule has 21 heavy (non-hydrogen) atoms. The van der Waals surface area contributed by atoms with Gasteiger partial charge >= 0.3 is 6.03 Å². The summed E-state index contributed by atoms with van der Waals surface area (Å²) >= 11 is 0. The quantitative estimate of drug-likeness (QED) is 0.895. The monoisotopic (exact) mass is 290 g/mol. The van der Waals surface area contributed by atoms with Gasteiger partial charge in [-0.3, -0.25) is 10.1 Å². The van der Waals surface area contributed by atoms with Crippen LogP contribution in [0.1, 0.15) is 37.7 Å². The zero-order chi connectivity index (χ0) is 15.1. The predicted octanol–water partition coefficient (Wildman–Crippen LogP) is 2.53. The molecule has 0 aromatic heterocycles. The van der Waals surface area contributed by atoms with Crippen LogP contribution in [0.5, 0.6) is 5.75 Å². The Bertz CT molecular complexity index is 496. The van der Waals surface area contributed by atoms with Crippen molar-refractivity contribution in [3.63, 3.8) is 0 Å². The number of imide groups is 1. The fraction of sp³-hybridized carbons (Fsp3) is 0.500. The number of hydrogen-bond donors (Lipinski definition) is 2. The molecule has 0 radical (unpaired) electrons. The topological polar surface area (TPSA) is 67.4 Å². The van der Waals surface area contributed by atoms with E-state index in [9.17, 15) is 9.59 Å². The Balaban J connectivity index is 1.71. The van der Waals surface area contributed by atoms with Crippen molar-refractivity contribution in [2.24, 2.45) is 0 Å². The molecule has 1 aromatic carbocycles. The van der Waals surface area contributed by atoms with Gasteiger partial charge in [-0.15, -0.1) is 0 Å². The van der Waals surface area contributed by atoms with E-state index in [2.05, 4.69) is 10.6 Å². The van der Waals surface area contributed by atoms with E-state index in [0.717, 1.165) is 31.2 Å². The highest BCUT2D eigenvalue weighted by Crippen LogP contribution is 2.17. The number of aryl methyl sites for hydroxylation is 1. The van der Waals surface area contributed by atoms with Gasteiger partial charge < -0.3 is 10.1 Å². The van der Waals surface area contributed by atoms with E-state index < -0.39 is 11.9 Å². The van der Waals surface area contributed by atoms with E-state index >= 15 is 0 Å². The summed E-state index contributed by atoms with van der Waals surface area (Å²) in [6.07, 6.45) is 5.47. The van der Waals surface area contributed by atoms with Crippen molar-refractivity contribution in [1.82, 2.24) is 10.6 Å². The second-order valence-electron chi connectivity index (χ2n) is 5.41. The molecule has 1 aliphatic rings. The molecule has 5 heteroatoms. The highest BCUT2D eigenvalue weighted by Gasteiger charge is 2.17. The predicted molar refractivity (Wildman–Crippen MR) is 80.2 cm³/mol. The summed E-state index contributed by atoms with van der Waals surface area (Å²) in [7, 11) is 0. The fourth-order valence-corrected chi connectivity index (χ4v) is 2.49. The molecule has 5 nitrogen and oxygen atoms in total. The number of amides is 3. The molecule has 0 heterocycles. The van der Waals surface area contributed by atoms with E-state index in [1.165, 1.54) is 6.42 Å². The molecule has 1 saturated carbocycles. The lowest BCUT2D eigenvalue weighted by molar-refractivity contribution is -0.122. The molecular formula is C16H22N2O3. The van der Waals surface area contributed by atoms with E-state index in [-0.39, 0.29) is 12.6 Å². The standard InChI is InChI=1S/C16H22N2O3/c1-12-7-5-6-10-14(12)21-11-15(19)18-16(20)17-13-8-3-2-4-9-13/h5-7,10,13H,2-4,8-9,11H2,1H3,(H2,17,18,19,20). The molecule has 0 spiro atoms. The van der Waals surface area contributed by atoms with Gasteiger partial charge in [0.1, 0.15) is 5.75 Å². The van der Waals surface area contributed by atoms with Crippen LogP contribution in [0.3, 0.4) is 0 Å². The molecule has 3 amide bonds. The highest BCUT2D eigenvalue weighted by molar-refractivity contribution is 5.95. The second-order valence-corrected chi connectivity index (χ2v) is 5.41. The van der Waals surface area contributed by atoms with Gasteiger partial charge in [0.2, 0.25) is 0 Å². The number of hydrogen-bond acceptors (Lipinski definition) is 3. The SMILES string of the molecule is Cc1ccccc1OCC(=O)NC(=O)NC1CCCCC1. The number of urea groups is 1. The molecule has 2 rings (SSSR count). The van der Waals surface area contributed by atoms with Crippen molar-refractivity contribution < 1.29 is 14.3 Å². The number of benzene rings is 1. The number of rotatable bonds is 4. The first-order valence-corrected chi connectivity index (χ1v) is 7.44. The molecule has 1 aliphatic carbocycles. The Labute approximate surface area is 125 Å². The molecule has 0 aliphatic heterocycles. The number of para-hydroxylation sites is 1. The van der Waals surface area contributed by atoms with Crippen molar-refractivity contribution in [3.8, 4) is 5.75 Å². The van der Waals surface area contributed by atoms with Crippen LogP contribution in [-0.4, -0.2) is 24.6 Å². The van der Waals surface area contributed by atoms with Crippen LogP contribution in [0, 0.1) is 6.92 Å². The summed E-state index contributed by atoms with van der Waals surface area (Å²) in [6, 6.07) is 7.20. The van der Waals surface area contributed by atoms with Gasteiger partial charge in [0.15, 0.2) is 6.61 Å². The Kier molecular flexibility index (Phi) is 5.60. The summed E-state index contributed by atoms with van der Waals surface area (Å²) in [4.78, 5) is 23.4. The summed E-state index contributed by atoms with van der Waals surface area (Å²) in [6.45, 7) is 1.74.